The Labute approximate surface area is 179 Å². The van der Waals surface area contributed by atoms with Crippen LogP contribution in [0.4, 0.5) is 10.1 Å². The number of aromatic nitrogens is 1. The number of anilines is 1. The van der Waals surface area contributed by atoms with Crippen LogP contribution in [0, 0.1) is 11.2 Å². The summed E-state index contributed by atoms with van der Waals surface area (Å²) in [6.45, 7) is 1.83. The molecule has 3 rings (SSSR count). The molecular weight excluding hydrogens is 395 g/mol. The van der Waals surface area contributed by atoms with Crippen LogP contribution in [0.1, 0.15) is 46.8 Å². The maximum atomic E-state index is 13.6. The van der Waals surface area contributed by atoms with E-state index in [-0.39, 0.29) is 11.6 Å². The van der Waals surface area contributed by atoms with Gasteiger partial charge in [0.1, 0.15) is 5.82 Å². The van der Waals surface area contributed by atoms with Gasteiger partial charge >= 0.3 is 0 Å². The molecule has 0 aliphatic heterocycles. The van der Waals surface area contributed by atoms with Crippen molar-refractivity contribution in [1.29, 1.82) is 5.41 Å². The summed E-state index contributed by atoms with van der Waals surface area (Å²) in [5, 5.41) is 11.1. The van der Waals surface area contributed by atoms with Gasteiger partial charge in [-0.3, -0.25) is 14.6 Å². The van der Waals surface area contributed by atoms with Crippen LogP contribution in [0.15, 0.2) is 73.1 Å². The monoisotopic (exact) mass is 418 g/mol. The Balaban J connectivity index is 1.71. The smallest absolute Gasteiger partial charge is 0.255 e. The number of pyridine rings is 1. The lowest BCUT2D eigenvalue weighted by atomic mass is 9.86. The molecule has 4 N–H and O–H groups in total. The fourth-order valence-corrected chi connectivity index (χ4v) is 3.30. The summed E-state index contributed by atoms with van der Waals surface area (Å²) in [5.41, 5.74) is 8.03. The Morgan fingerprint density at radius 1 is 1.06 bits per heavy atom. The molecule has 0 aliphatic rings. The number of hydrogen-bond acceptors (Lipinski definition) is 5. The van der Waals surface area contributed by atoms with Gasteiger partial charge in [0, 0.05) is 29.6 Å². The lowest BCUT2D eigenvalue weighted by Gasteiger charge is -2.19. The fourth-order valence-electron chi connectivity index (χ4n) is 3.30. The van der Waals surface area contributed by atoms with Gasteiger partial charge in [0.05, 0.1) is 11.8 Å². The molecule has 0 fully saturated rings. The molecule has 0 bridgehead atoms. The van der Waals surface area contributed by atoms with Crippen LogP contribution in [0.2, 0.25) is 0 Å². The van der Waals surface area contributed by atoms with E-state index in [0.717, 1.165) is 0 Å². The molecule has 0 saturated carbocycles. The molecule has 0 aliphatic carbocycles. The lowest BCUT2D eigenvalue weighted by Crippen LogP contribution is -2.31. The van der Waals surface area contributed by atoms with Gasteiger partial charge < -0.3 is 16.5 Å². The minimum atomic E-state index is -1.05. The number of Topliss-reactive ketones (excluding diaryl/α,β-unsaturated/α-hetero) is 1. The summed E-state index contributed by atoms with van der Waals surface area (Å²) >= 11 is 0. The molecule has 6 nitrogen and oxygen atoms in total. The van der Waals surface area contributed by atoms with Crippen molar-refractivity contribution in [3.63, 3.8) is 0 Å². The van der Waals surface area contributed by atoms with Crippen LogP contribution >= 0.6 is 0 Å². The number of halogens is 1. The van der Waals surface area contributed by atoms with E-state index in [0.29, 0.717) is 28.8 Å². The molecule has 0 radical (unpaired) electrons. The number of carbonyl (C=O) groups is 2. The number of ketones is 1. The highest BCUT2D eigenvalue weighted by atomic mass is 19.1. The van der Waals surface area contributed by atoms with Crippen LogP contribution in [-0.2, 0) is 4.79 Å². The van der Waals surface area contributed by atoms with E-state index in [1.807, 2.05) is 6.92 Å². The third-order valence-electron chi connectivity index (χ3n) is 5.03. The minimum absolute atomic E-state index is 0.167. The molecule has 1 heterocycles. The molecule has 0 saturated heterocycles. The Morgan fingerprint density at radius 2 is 1.74 bits per heavy atom. The van der Waals surface area contributed by atoms with Crippen LogP contribution in [0.5, 0.6) is 0 Å². The molecule has 31 heavy (non-hydrogen) atoms. The SMILES string of the molecule is CC[C@@H](C(=N)C(=O)[C@@H](N)c1ccc(C(=O)Nc2ccncc2)cc1)c1cccc(F)c1. The maximum absolute atomic E-state index is 13.6. The number of rotatable bonds is 8. The third kappa shape index (κ3) is 5.26. The number of benzene rings is 2. The van der Waals surface area contributed by atoms with E-state index in [1.54, 1.807) is 60.9 Å². The van der Waals surface area contributed by atoms with E-state index >= 15 is 0 Å². The van der Waals surface area contributed by atoms with Crippen molar-refractivity contribution in [3.8, 4) is 0 Å². The highest BCUT2D eigenvalue weighted by Crippen LogP contribution is 2.25. The predicted molar refractivity (Wildman–Crippen MR) is 118 cm³/mol. The van der Waals surface area contributed by atoms with Crippen molar-refractivity contribution in [1.82, 2.24) is 4.98 Å². The summed E-state index contributed by atoms with van der Waals surface area (Å²) in [6.07, 6.45) is 3.62. The zero-order valence-electron chi connectivity index (χ0n) is 17.0. The van der Waals surface area contributed by atoms with Gasteiger partial charge in [-0.05, 0) is 53.9 Å². The molecule has 7 heteroatoms. The number of hydrogen-bond donors (Lipinski definition) is 3. The van der Waals surface area contributed by atoms with E-state index in [4.69, 9.17) is 11.1 Å². The summed E-state index contributed by atoms with van der Waals surface area (Å²) < 4.78 is 13.6. The Hall–Kier alpha value is -3.71. The summed E-state index contributed by atoms with van der Waals surface area (Å²) in [4.78, 5) is 29.1. The first-order valence-corrected chi connectivity index (χ1v) is 9.85. The minimum Gasteiger partial charge on any atom is -0.322 e. The molecule has 158 valence electrons. The second-order valence-corrected chi connectivity index (χ2v) is 7.08. The van der Waals surface area contributed by atoms with Crippen molar-refractivity contribution in [3.05, 3.63) is 95.6 Å². The van der Waals surface area contributed by atoms with Gasteiger partial charge in [-0.1, -0.05) is 31.2 Å². The Morgan fingerprint density at radius 3 is 2.35 bits per heavy atom. The quantitative estimate of drug-likeness (QED) is 0.475. The van der Waals surface area contributed by atoms with Crippen molar-refractivity contribution in [2.45, 2.75) is 25.3 Å². The molecule has 0 unspecified atom stereocenters. The van der Waals surface area contributed by atoms with Gasteiger partial charge in [0.2, 0.25) is 0 Å². The van der Waals surface area contributed by atoms with Crippen molar-refractivity contribution in [2.24, 2.45) is 5.73 Å². The van der Waals surface area contributed by atoms with Crippen molar-refractivity contribution >= 4 is 23.1 Å². The first kappa shape index (κ1) is 22.0. The molecule has 2 atom stereocenters. The first-order chi connectivity index (χ1) is 14.9. The fraction of sp³-hybridized carbons (Fsp3) is 0.167. The number of nitrogens with two attached hydrogens (primary N) is 1. The Kier molecular flexibility index (Phi) is 6.99. The van der Waals surface area contributed by atoms with Crippen LogP contribution in [-0.4, -0.2) is 22.4 Å². The van der Waals surface area contributed by atoms with Crippen LogP contribution < -0.4 is 11.1 Å². The van der Waals surface area contributed by atoms with Gasteiger partial charge in [-0.2, -0.15) is 0 Å². The first-order valence-electron chi connectivity index (χ1n) is 9.85. The zero-order valence-corrected chi connectivity index (χ0v) is 17.0. The molecule has 1 amide bonds. The van der Waals surface area contributed by atoms with E-state index in [9.17, 15) is 14.0 Å². The van der Waals surface area contributed by atoms with Gasteiger partial charge in [0.25, 0.3) is 5.91 Å². The van der Waals surface area contributed by atoms with E-state index in [1.165, 1.54) is 12.1 Å². The average Bonchev–Trinajstić information content (AvgIpc) is 2.79. The highest BCUT2D eigenvalue weighted by Gasteiger charge is 2.27. The predicted octanol–water partition coefficient (Wildman–Crippen LogP) is 4.26. The van der Waals surface area contributed by atoms with E-state index in [2.05, 4.69) is 10.3 Å². The van der Waals surface area contributed by atoms with Gasteiger partial charge in [-0.25, -0.2) is 4.39 Å². The standard InChI is InChI=1S/C24H23FN4O2/c1-2-20(17-4-3-5-18(25)14-17)22(27)23(30)21(26)15-6-8-16(9-7-15)24(31)29-19-10-12-28-13-11-19/h3-14,20-21,27H,2,26H2,1H3,(H,28,29,31)/t20-,21+/m1/s1. The highest BCUT2D eigenvalue weighted by molar-refractivity contribution is 6.42. The Bertz CT molecular complexity index is 1080. The van der Waals surface area contributed by atoms with E-state index < -0.39 is 23.6 Å². The normalized spacial score (nSPS) is 12.6. The van der Waals surface area contributed by atoms with Gasteiger partial charge in [0.15, 0.2) is 5.78 Å². The average molecular weight is 418 g/mol. The third-order valence-corrected chi connectivity index (χ3v) is 5.03. The second-order valence-electron chi connectivity index (χ2n) is 7.08. The van der Waals surface area contributed by atoms with Gasteiger partial charge in [-0.15, -0.1) is 0 Å². The number of amides is 1. The topological polar surface area (TPSA) is 109 Å². The number of nitrogens with zero attached hydrogens (tertiary/aromatic N) is 1. The molecule has 1 aromatic heterocycles. The largest absolute Gasteiger partial charge is 0.322 e. The number of carbonyl (C=O) groups excluding carboxylic acids is 2. The van der Waals surface area contributed by atoms with Crippen molar-refractivity contribution < 1.29 is 14.0 Å². The summed E-state index contributed by atoms with van der Waals surface area (Å²) in [7, 11) is 0. The molecular formula is C24H23FN4O2. The van der Waals surface area contributed by atoms with Crippen LogP contribution in [0.3, 0.4) is 0 Å². The van der Waals surface area contributed by atoms with Crippen LogP contribution in [0.25, 0.3) is 0 Å². The number of nitrogens with one attached hydrogen (secondary N) is 2. The molecule has 0 spiro atoms. The molecule has 2 aromatic carbocycles. The summed E-state index contributed by atoms with van der Waals surface area (Å²) in [6, 6.07) is 14.6. The summed E-state index contributed by atoms with van der Waals surface area (Å²) in [5.74, 6) is -1.80. The second kappa shape index (κ2) is 9.86. The van der Waals surface area contributed by atoms with Crippen molar-refractivity contribution in [2.75, 3.05) is 5.32 Å². The molecule has 3 aromatic rings. The maximum Gasteiger partial charge on any atom is 0.255 e. The zero-order chi connectivity index (χ0) is 22.4. The lowest BCUT2D eigenvalue weighted by molar-refractivity contribution is -0.114.